The largest absolute Gasteiger partial charge is 0.465 e. The van der Waals surface area contributed by atoms with Gasteiger partial charge in [0.05, 0.1) is 12.8 Å². The molecule has 0 unspecified atom stereocenters. The highest BCUT2D eigenvalue weighted by atomic mass is 32.1. The number of hydrogen-bond acceptors (Lipinski definition) is 4. The molecule has 1 N–H and O–H groups in total. The minimum atomic E-state index is -0.399. The van der Waals surface area contributed by atoms with E-state index in [1.54, 1.807) is 0 Å². The van der Waals surface area contributed by atoms with Gasteiger partial charge in [-0.1, -0.05) is 0 Å². The summed E-state index contributed by atoms with van der Waals surface area (Å²) in [6, 6.07) is 0. The second-order valence-corrected chi connectivity index (χ2v) is 4.76. The Labute approximate surface area is 97.6 Å². The lowest BCUT2D eigenvalue weighted by Gasteiger charge is -2.06. The third-order valence-corrected chi connectivity index (χ3v) is 3.62. The summed E-state index contributed by atoms with van der Waals surface area (Å²) in [6.07, 6.45) is 1.89. The lowest BCUT2D eigenvalue weighted by Crippen LogP contribution is -2.15. The van der Waals surface area contributed by atoms with E-state index in [2.05, 4.69) is 10.1 Å². The number of carbonyl (C=O) groups is 2. The number of nitrogens with one attached hydrogen (secondary N) is 1. The van der Waals surface area contributed by atoms with Crippen molar-refractivity contribution >= 4 is 28.9 Å². The summed E-state index contributed by atoms with van der Waals surface area (Å²) in [4.78, 5) is 23.5. The number of thiophene rings is 1. The maximum absolute atomic E-state index is 11.6. The molecular formula is C11H13NO3S. The van der Waals surface area contributed by atoms with Gasteiger partial charge in [0.25, 0.3) is 0 Å². The van der Waals surface area contributed by atoms with Gasteiger partial charge in [0, 0.05) is 5.92 Å². The van der Waals surface area contributed by atoms with Crippen LogP contribution in [0.5, 0.6) is 0 Å². The molecule has 1 saturated carbocycles. The highest BCUT2D eigenvalue weighted by molar-refractivity contribution is 7.12. The van der Waals surface area contributed by atoms with Crippen LogP contribution in [0.4, 0.5) is 5.69 Å². The third-order valence-electron chi connectivity index (χ3n) is 2.54. The van der Waals surface area contributed by atoms with Crippen LogP contribution >= 0.6 is 11.3 Å². The number of methoxy groups -OCH3 is 1. The molecule has 0 spiro atoms. The van der Waals surface area contributed by atoms with E-state index in [0.29, 0.717) is 10.6 Å². The van der Waals surface area contributed by atoms with Gasteiger partial charge >= 0.3 is 5.97 Å². The van der Waals surface area contributed by atoms with Crippen LogP contribution in [0.2, 0.25) is 0 Å². The van der Waals surface area contributed by atoms with Crippen LogP contribution in [0, 0.1) is 12.8 Å². The standard InChI is InChI=1S/C11H13NO3S/c1-6-5-16-9(11(14)15-2)8(6)12-10(13)7-3-4-7/h5,7H,3-4H2,1-2H3,(H,12,13). The zero-order chi connectivity index (χ0) is 11.7. The average Bonchev–Trinajstić information content (AvgIpc) is 3.06. The molecule has 1 aromatic heterocycles. The number of ether oxygens (including phenoxy) is 1. The molecule has 2 rings (SSSR count). The van der Waals surface area contributed by atoms with Crippen molar-refractivity contribution in [3.8, 4) is 0 Å². The molecule has 4 nitrogen and oxygen atoms in total. The van der Waals surface area contributed by atoms with Crippen LogP contribution < -0.4 is 5.32 Å². The fraction of sp³-hybridized carbons (Fsp3) is 0.455. The third kappa shape index (κ3) is 2.09. The Morgan fingerprint density at radius 2 is 2.19 bits per heavy atom. The van der Waals surface area contributed by atoms with Crippen molar-refractivity contribution in [2.75, 3.05) is 12.4 Å². The molecule has 1 aliphatic carbocycles. The molecule has 1 fully saturated rings. The monoisotopic (exact) mass is 239 g/mol. The highest BCUT2D eigenvalue weighted by Gasteiger charge is 2.31. The number of rotatable bonds is 3. The zero-order valence-corrected chi connectivity index (χ0v) is 10.0. The van der Waals surface area contributed by atoms with E-state index in [1.165, 1.54) is 18.4 Å². The molecule has 0 aliphatic heterocycles. The molecule has 86 valence electrons. The van der Waals surface area contributed by atoms with Crippen molar-refractivity contribution < 1.29 is 14.3 Å². The smallest absolute Gasteiger partial charge is 0.350 e. The molecule has 1 heterocycles. The van der Waals surface area contributed by atoms with Crippen molar-refractivity contribution in [1.82, 2.24) is 0 Å². The second-order valence-electron chi connectivity index (χ2n) is 3.88. The van der Waals surface area contributed by atoms with Crippen molar-refractivity contribution in [3.05, 3.63) is 15.8 Å². The van der Waals surface area contributed by atoms with E-state index >= 15 is 0 Å². The number of anilines is 1. The Morgan fingerprint density at radius 3 is 2.75 bits per heavy atom. The minimum absolute atomic E-state index is 0.00616. The van der Waals surface area contributed by atoms with E-state index in [1.807, 2.05) is 12.3 Å². The first-order valence-corrected chi connectivity index (χ1v) is 5.98. The number of hydrogen-bond donors (Lipinski definition) is 1. The normalized spacial score (nSPS) is 14.6. The fourth-order valence-electron chi connectivity index (χ4n) is 1.41. The van der Waals surface area contributed by atoms with Gasteiger partial charge in [0.2, 0.25) is 5.91 Å². The van der Waals surface area contributed by atoms with Gasteiger partial charge in [0.15, 0.2) is 0 Å². The van der Waals surface area contributed by atoms with Gasteiger partial charge < -0.3 is 10.1 Å². The Balaban J connectivity index is 2.20. The topological polar surface area (TPSA) is 55.4 Å². The van der Waals surface area contributed by atoms with E-state index in [-0.39, 0.29) is 11.8 Å². The Morgan fingerprint density at radius 1 is 1.50 bits per heavy atom. The quantitative estimate of drug-likeness (QED) is 0.823. The van der Waals surface area contributed by atoms with E-state index in [4.69, 9.17) is 0 Å². The first kappa shape index (κ1) is 11.1. The summed E-state index contributed by atoms with van der Waals surface area (Å²) in [5, 5.41) is 4.65. The van der Waals surface area contributed by atoms with Crippen molar-refractivity contribution in [2.45, 2.75) is 19.8 Å². The minimum Gasteiger partial charge on any atom is -0.465 e. The number of amides is 1. The van der Waals surface area contributed by atoms with Crippen molar-refractivity contribution in [1.29, 1.82) is 0 Å². The van der Waals surface area contributed by atoms with Crippen LogP contribution in [-0.2, 0) is 9.53 Å². The molecular weight excluding hydrogens is 226 g/mol. The molecule has 16 heavy (non-hydrogen) atoms. The summed E-state index contributed by atoms with van der Waals surface area (Å²) in [5.41, 5.74) is 1.51. The molecule has 1 aromatic rings. The first-order valence-electron chi connectivity index (χ1n) is 5.10. The first-order chi connectivity index (χ1) is 7.63. The highest BCUT2D eigenvalue weighted by Crippen LogP contribution is 2.33. The summed E-state index contributed by atoms with van der Waals surface area (Å²) in [6.45, 7) is 1.87. The van der Waals surface area contributed by atoms with Crippen LogP contribution in [0.25, 0.3) is 0 Å². The molecule has 0 atom stereocenters. The lowest BCUT2D eigenvalue weighted by atomic mass is 10.2. The van der Waals surface area contributed by atoms with Gasteiger partial charge in [-0.2, -0.15) is 0 Å². The predicted molar refractivity (Wildman–Crippen MR) is 61.7 cm³/mol. The van der Waals surface area contributed by atoms with E-state index in [9.17, 15) is 9.59 Å². The Hall–Kier alpha value is -1.36. The van der Waals surface area contributed by atoms with Gasteiger partial charge in [-0.25, -0.2) is 4.79 Å². The maximum atomic E-state index is 11.6. The number of esters is 1. The number of carbonyl (C=O) groups excluding carboxylic acids is 2. The van der Waals surface area contributed by atoms with Crippen LogP contribution in [0.15, 0.2) is 5.38 Å². The molecule has 0 saturated heterocycles. The second kappa shape index (κ2) is 4.25. The van der Waals surface area contributed by atoms with Crippen molar-refractivity contribution in [3.63, 3.8) is 0 Å². The SMILES string of the molecule is COC(=O)c1scc(C)c1NC(=O)C1CC1. The summed E-state index contributed by atoms with van der Waals surface area (Å²) in [7, 11) is 1.34. The molecule has 0 aromatic carbocycles. The Bertz CT molecular complexity index is 434. The van der Waals surface area contributed by atoms with Gasteiger partial charge in [-0.3, -0.25) is 4.79 Å². The fourth-order valence-corrected chi connectivity index (χ4v) is 2.34. The van der Waals surface area contributed by atoms with E-state index < -0.39 is 5.97 Å². The molecule has 0 bridgehead atoms. The number of aryl methyl sites for hydroxylation is 1. The van der Waals surface area contributed by atoms with Crippen LogP contribution in [0.3, 0.4) is 0 Å². The molecule has 0 radical (unpaired) electrons. The molecule has 1 aliphatic rings. The molecule has 5 heteroatoms. The average molecular weight is 239 g/mol. The van der Waals surface area contributed by atoms with Crippen LogP contribution in [0.1, 0.15) is 28.1 Å². The summed E-state index contributed by atoms with van der Waals surface area (Å²) >= 11 is 1.29. The van der Waals surface area contributed by atoms with Gasteiger partial charge in [0.1, 0.15) is 4.88 Å². The lowest BCUT2D eigenvalue weighted by molar-refractivity contribution is -0.117. The van der Waals surface area contributed by atoms with Gasteiger partial charge in [-0.15, -0.1) is 11.3 Å². The zero-order valence-electron chi connectivity index (χ0n) is 9.20. The maximum Gasteiger partial charge on any atom is 0.350 e. The molecule has 1 amide bonds. The van der Waals surface area contributed by atoms with Gasteiger partial charge in [-0.05, 0) is 30.7 Å². The summed E-state index contributed by atoms with van der Waals surface area (Å²) in [5.74, 6) is -0.263. The van der Waals surface area contributed by atoms with Crippen molar-refractivity contribution in [2.24, 2.45) is 5.92 Å². The van der Waals surface area contributed by atoms with E-state index in [0.717, 1.165) is 18.4 Å². The summed E-state index contributed by atoms with van der Waals surface area (Å²) < 4.78 is 4.67. The predicted octanol–water partition coefficient (Wildman–Crippen LogP) is 2.19. The Kier molecular flexibility index (Phi) is 2.96. The van der Waals surface area contributed by atoms with Crippen LogP contribution in [-0.4, -0.2) is 19.0 Å².